The van der Waals surface area contributed by atoms with Gasteiger partial charge in [0.1, 0.15) is 0 Å². The van der Waals surface area contributed by atoms with Gasteiger partial charge in [-0.2, -0.15) is 0 Å². The highest BCUT2D eigenvalue weighted by Gasteiger charge is 2.49. The minimum absolute atomic E-state index is 0.258. The standard InChI is InChI=1S/C60H40/c1-31-11-3-5-15-34(31)53-50-29-48-38-19-9-13-33-14-10-20-39(52(33)38)49(48)30-51(50)54(35-16-6-4-12-32(35)2)60-47-28-26-45-43-24-22-41-37-18-8-7-17-36(37)40-21-23-42(56(43)55(40)41)44-25-27-46(59(53)60)58(47)57(44)45/h3-21,23,25-30,33,52,57-58H,22,24H2,1-2H3. The molecule has 0 saturated carbocycles. The summed E-state index contributed by atoms with van der Waals surface area (Å²) in [6, 6.07) is 37.6. The van der Waals surface area contributed by atoms with E-state index in [0.717, 1.165) is 12.8 Å². The summed E-state index contributed by atoms with van der Waals surface area (Å²) in [5.74, 6) is 1.34. The Morgan fingerprint density at radius 3 is 1.48 bits per heavy atom. The lowest BCUT2D eigenvalue weighted by Crippen LogP contribution is -2.41. The van der Waals surface area contributed by atoms with Gasteiger partial charge in [0.2, 0.25) is 0 Å². The predicted octanol–water partition coefficient (Wildman–Crippen LogP) is 13.1. The first-order valence-corrected chi connectivity index (χ1v) is 22.1. The van der Waals surface area contributed by atoms with Crippen LogP contribution < -0.4 is 10.4 Å². The van der Waals surface area contributed by atoms with Gasteiger partial charge in [-0.3, -0.25) is 0 Å². The molecule has 0 aromatic heterocycles. The third-order valence-corrected chi connectivity index (χ3v) is 15.9. The second kappa shape index (κ2) is 11.1. The summed E-state index contributed by atoms with van der Waals surface area (Å²) in [4.78, 5) is 0. The van der Waals surface area contributed by atoms with Crippen LogP contribution >= 0.6 is 0 Å². The van der Waals surface area contributed by atoms with E-state index in [0.29, 0.717) is 17.8 Å². The Kier molecular flexibility index (Phi) is 5.94. The maximum atomic E-state index is 2.61. The van der Waals surface area contributed by atoms with E-state index in [-0.39, 0.29) is 5.92 Å². The fraction of sp³-hybridized carbons (Fsp3) is 0.133. The number of hydrogen-bond donors (Lipinski definition) is 0. The molecule has 0 bridgehead atoms. The van der Waals surface area contributed by atoms with Crippen LogP contribution in [0.1, 0.15) is 57.3 Å². The third kappa shape index (κ3) is 3.73. The zero-order chi connectivity index (χ0) is 39.1. The number of allylic oxidation sites excluding steroid dienone is 16. The van der Waals surface area contributed by atoms with Gasteiger partial charge in [-0.25, -0.2) is 0 Å². The molecule has 9 aliphatic rings. The van der Waals surface area contributed by atoms with Gasteiger partial charge in [0, 0.05) is 23.7 Å². The zero-order valence-corrected chi connectivity index (χ0v) is 33.7. The molecule has 0 radical (unpaired) electrons. The SMILES string of the molecule is Cc1ccccc1-c1c2c(c(-c3ccccc3C)c3cc4c(cc13)C1=CC=CC3C=CC=C4C13)C1=CC=C3c4ccc5c6c4=C(CCC=6c4ccccc4-5)C4=CC=C2C1C43. The molecule has 0 heteroatoms. The topological polar surface area (TPSA) is 0 Å². The first-order valence-electron chi connectivity index (χ1n) is 22.1. The molecule has 15 rings (SSSR count). The van der Waals surface area contributed by atoms with E-state index in [2.05, 4.69) is 172 Å². The molecule has 6 aromatic rings. The Labute approximate surface area is 350 Å². The summed E-state index contributed by atoms with van der Waals surface area (Å²) in [6.45, 7) is 4.63. The number of hydrogen-bond acceptors (Lipinski definition) is 0. The second-order valence-electron chi connectivity index (χ2n) is 18.5. The Morgan fingerprint density at radius 2 is 0.850 bits per heavy atom. The molecule has 0 nitrogen and oxygen atoms in total. The normalized spacial score (nSPS) is 23.1. The Balaban J connectivity index is 1.09. The van der Waals surface area contributed by atoms with Gasteiger partial charge in [-0.05, 0) is 183 Å². The molecule has 0 heterocycles. The van der Waals surface area contributed by atoms with Crippen LogP contribution in [-0.2, 0) is 0 Å². The lowest BCUT2D eigenvalue weighted by atomic mass is 9.62. The highest BCUT2D eigenvalue weighted by atomic mass is 14.5. The van der Waals surface area contributed by atoms with Crippen molar-refractivity contribution in [3.63, 3.8) is 0 Å². The molecule has 0 N–H and O–H groups in total. The average molecular weight is 761 g/mol. The van der Waals surface area contributed by atoms with Gasteiger partial charge in [-0.1, -0.05) is 146 Å². The van der Waals surface area contributed by atoms with Crippen LogP contribution in [0.5, 0.6) is 0 Å². The van der Waals surface area contributed by atoms with Crippen LogP contribution in [0.3, 0.4) is 0 Å². The van der Waals surface area contributed by atoms with E-state index in [1.54, 1.807) is 16.7 Å². The summed E-state index contributed by atoms with van der Waals surface area (Å²) in [5, 5.41) is 5.77. The monoisotopic (exact) mass is 760 g/mol. The van der Waals surface area contributed by atoms with E-state index >= 15 is 0 Å². The molecular weight excluding hydrogens is 721 g/mol. The van der Waals surface area contributed by atoms with E-state index in [4.69, 9.17) is 0 Å². The highest BCUT2D eigenvalue weighted by Crippen LogP contribution is 2.65. The van der Waals surface area contributed by atoms with Crippen LogP contribution in [-0.4, -0.2) is 0 Å². The molecular formula is C60H40. The van der Waals surface area contributed by atoms with Gasteiger partial charge in [-0.15, -0.1) is 0 Å². The van der Waals surface area contributed by atoms with Crippen molar-refractivity contribution in [2.45, 2.75) is 26.7 Å². The third-order valence-electron chi connectivity index (χ3n) is 15.9. The molecule has 4 atom stereocenters. The molecule has 6 aromatic carbocycles. The molecule has 0 saturated heterocycles. The first-order chi connectivity index (χ1) is 29.6. The van der Waals surface area contributed by atoms with Gasteiger partial charge in [0.25, 0.3) is 0 Å². The minimum Gasteiger partial charge on any atom is -0.0767 e. The number of rotatable bonds is 2. The van der Waals surface area contributed by atoms with E-state index in [1.165, 1.54) is 127 Å². The molecule has 0 aliphatic heterocycles. The fourth-order valence-corrected chi connectivity index (χ4v) is 13.6. The van der Waals surface area contributed by atoms with Crippen LogP contribution in [0.4, 0.5) is 0 Å². The van der Waals surface area contributed by atoms with Crippen molar-refractivity contribution in [1.82, 2.24) is 0 Å². The van der Waals surface area contributed by atoms with Crippen molar-refractivity contribution >= 4 is 49.8 Å². The second-order valence-corrected chi connectivity index (χ2v) is 18.5. The summed E-state index contributed by atoms with van der Waals surface area (Å²) in [5.41, 5.74) is 31.7. The van der Waals surface area contributed by atoms with Gasteiger partial charge < -0.3 is 0 Å². The van der Waals surface area contributed by atoms with Gasteiger partial charge >= 0.3 is 0 Å². The van der Waals surface area contributed by atoms with Crippen molar-refractivity contribution in [1.29, 1.82) is 0 Å². The van der Waals surface area contributed by atoms with E-state index in [1.807, 2.05) is 0 Å². The predicted molar refractivity (Wildman–Crippen MR) is 251 cm³/mol. The van der Waals surface area contributed by atoms with Crippen molar-refractivity contribution < 1.29 is 0 Å². The number of aryl methyl sites for hydroxylation is 2. The number of benzene rings is 6. The maximum absolute atomic E-state index is 2.61. The smallest absolute Gasteiger partial charge is 0.0212 e. The summed E-state index contributed by atoms with van der Waals surface area (Å²) in [6.07, 6.45) is 26.6. The van der Waals surface area contributed by atoms with Crippen LogP contribution in [0.2, 0.25) is 0 Å². The summed E-state index contributed by atoms with van der Waals surface area (Å²) < 4.78 is 0. The summed E-state index contributed by atoms with van der Waals surface area (Å²) in [7, 11) is 0. The molecule has 0 spiro atoms. The molecule has 60 heavy (non-hydrogen) atoms. The number of fused-ring (bicyclic) bond motifs is 12. The highest BCUT2D eigenvalue weighted by molar-refractivity contribution is 6.21. The van der Waals surface area contributed by atoms with Crippen LogP contribution in [0.25, 0.3) is 83.2 Å². The average Bonchev–Trinajstić information content (AvgIpc) is 3.92. The van der Waals surface area contributed by atoms with Crippen LogP contribution in [0, 0.1) is 37.5 Å². The fourth-order valence-electron chi connectivity index (χ4n) is 13.6. The van der Waals surface area contributed by atoms with Crippen molar-refractivity contribution in [2.75, 3.05) is 0 Å². The van der Waals surface area contributed by atoms with Crippen molar-refractivity contribution in [3.05, 3.63) is 218 Å². The Bertz CT molecular complexity index is 3560. The lowest BCUT2D eigenvalue weighted by Gasteiger charge is -2.41. The molecule has 280 valence electrons. The van der Waals surface area contributed by atoms with Gasteiger partial charge in [0.05, 0.1) is 0 Å². The molecule has 9 aliphatic carbocycles. The quantitative estimate of drug-likeness (QED) is 0.165. The summed E-state index contributed by atoms with van der Waals surface area (Å²) >= 11 is 0. The lowest BCUT2D eigenvalue weighted by molar-refractivity contribution is 0.688. The molecule has 4 unspecified atom stereocenters. The Hall–Kier alpha value is -6.76. The Morgan fingerprint density at radius 1 is 0.367 bits per heavy atom. The first kappa shape index (κ1) is 32.1. The maximum Gasteiger partial charge on any atom is 0.0212 e. The van der Waals surface area contributed by atoms with E-state index < -0.39 is 0 Å². The van der Waals surface area contributed by atoms with Crippen molar-refractivity contribution in [2.24, 2.45) is 23.7 Å². The minimum atomic E-state index is 0.258. The van der Waals surface area contributed by atoms with Gasteiger partial charge in [0.15, 0.2) is 0 Å². The van der Waals surface area contributed by atoms with Crippen molar-refractivity contribution in [3.8, 4) is 33.4 Å². The largest absolute Gasteiger partial charge is 0.0767 e. The van der Waals surface area contributed by atoms with Crippen LogP contribution in [0.15, 0.2) is 163 Å². The molecule has 0 amide bonds. The zero-order valence-electron chi connectivity index (χ0n) is 33.7. The molecule has 0 fully saturated rings. The van der Waals surface area contributed by atoms with E-state index in [9.17, 15) is 0 Å².